The average molecular weight is 664 g/mol. The number of ether oxygens (including phenoxy) is 1. The number of halogens is 4. The molecule has 1 saturated heterocycles. The Morgan fingerprint density at radius 3 is 2.70 bits per heavy atom. The largest absolute Gasteiger partial charge is 0.463 e. The molecule has 1 amide bonds. The Morgan fingerprint density at radius 1 is 1.17 bits per heavy atom. The van der Waals surface area contributed by atoms with Gasteiger partial charge in [0.15, 0.2) is 5.83 Å². The summed E-state index contributed by atoms with van der Waals surface area (Å²) in [6.07, 6.45) is 3.25. The van der Waals surface area contributed by atoms with Crippen LogP contribution in [0.25, 0.3) is 10.8 Å². The van der Waals surface area contributed by atoms with E-state index in [9.17, 15) is 23.2 Å². The highest BCUT2D eigenvalue weighted by atomic mass is 35.5. The molecule has 0 atom stereocenters. The van der Waals surface area contributed by atoms with Crippen LogP contribution in [-0.2, 0) is 17.8 Å². The monoisotopic (exact) mass is 663 g/mol. The first kappa shape index (κ1) is 31.3. The van der Waals surface area contributed by atoms with Crippen molar-refractivity contribution in [2.45, 2.75) is 38.4 Å². The molecule has 0 radical (unpaired) electrons. The van der Waals surface area contributed by atoms with E-state index in [0.29, 0.717) is 62.7 Å². The van der Waals surface area contributed by atoms with Crippen molar-refractivity contribution in [3.8, 4) is 12.1 Å². The zero-order chi connectivity index (χ0) is 32.9. The van der Waals surface area contributed by atoms with Crippen molar-refractivity contribution in [1.82, 2.24) is 19.8 Å². The van der Waals surface area contributed by atoms with Crippen LogP contribution in [0, 0.1) is 22.6 Å². The lowest BCUT2D eigenvalue weighted by atomic mass is 10.0. The van der Waals surface area contributed by atoms with E-state index in [-0.39, 0.29) is 29.4 Å². The maximum absolute atomic E-state index is 14.6. The number of benzene rings is 2. The van der Waals surface area contributed by atoms with Gasteiger partial charge in [-0.25, -0.2) is 13.2 Å². The predicted octanol–water partition coefficient (Wildman–Crippen LogP) is 5.68. The Hall–Kier alpha value is -4.34. The Morgan fingerprint density at radius 2 is 1.98 bits per heavy atom. The minimum absolute atomic E-state index is 0.0610. The van der Waals surface area contributed by atoms with Gasteiger partial charge >= 0.3 is 6.01 Å². The van der Waals surface area contributed by atoms with Gasteiger partial charge < -0.3 is 19.4 Å². The SMILES string of the molecule is C=C(F)C(=O)N1CCN(c2nc(OCC3(CN4CC(F)C4)CC3)nc3c2CCN(c2cccc4ccc(F)c(Cl)c24)C3)C=C1CC#N. The molecule has 2 aromatic carbocycles. The van der Waals surface area contributed by atoms with Crippen LogP contribution in [0.5, 0.6) is 6.01 Å². The van der Waals surface area contributed by atoms with Crippen molar-refractivity contribution in [2.75, 3.05) is 55.7 Å². The highest BCUT2D eigenvalue weighted by Gasteiger charge is 2.47. The number of nitrogens with zero attached hydrogens (tertiary/aromatic N) is 7. The molecule has 0 spiro atoms. The quantitative estimate of drug-likeness (QED) is 0.270. The number of likely N-dealkylation sites (tertiary alicyclic amines) is 1. The van der Waals surface area contributed by atoms with Crippen molar-refractivity contribution in [1.29, 1.82) is 5.26 Å². The molecule has 0 bridgehead atoms. The topological polar surface area (TPSA) is 88.8 Å². The lowest BCUT2D eigenvalue weighted by Gasteiger charge is -2.37. The van der Waals surface area contributed by atoms with E-state index in [1.54, 1.807) is 12.3 Å². The van der Waals surface area contributed by atoms with E-state index >= 15 is 0 Å². The van der Waals surface area contributed by atoms with E-state index in [2.05, 4.69) is 22.4 Å². The number of allylic oxidation sites excluding steroid dienone is 1. The van der Waals surface area contributed by atoms with Gasteiger partial charge in [-0.15, -0.1) is 0 Å². The first-order valence-corrected chi connectivity index (χ1v) is 16.0. The average Bonchev–Trinajstić information content (AvgIpc) is 3.83. The van der Waals surface area contributed by atoms with Gasteiger partial charge in [0.1, 0.15) is 17.8 Å². The summed E-state index contributed by atoms with van der Waals surface area (Å²) in [6, 6.07) is 11.0. The van der Waals surface area contributed by atoms with Crippen LogP contribution in [0.4, 0.5) is 24.7 Å². The first-order chi connectivity index (χ1) is 22.6. The van der Waals surface area contributed by atoms with Crippen LogP contribution < -0.4 is 14.5 Å². The third-order valence-electron chi connectivity index (χ3n) is 9.44. The van der Waals surface area contributed by atoms with Crippen LogP contribution in [0.2, 0.25) is 5.02 Å². The van der Waals surface area contributed by atoms with Gasteiger partial charge in [0.05, 0.1) is 42.1 Å². The third kappa shape index (κ3) is 6.10. The van der Waals surface area contributed by atoms with Gasteiger partial charge in [0.25, 0.3) is 5.91 Å². The number of alkyl halides is 1. The van der Waals surface area contributed by atoms with Crippen molar-refractivity contribution in [3.05, 3.63) is 76.7 Å². The lowest BCUT2D eigenvalue weighted by Crippen LogP contribution is -2.51. The minimum Gasteiger partial charge on any atom is -0.463 e. The number of rotatable bonds is 9. The van der Waals surface area contributed by atoms with Gasteiger partial charge in [0, 0.05) is 67.5 Å². The Bertz CT molecular complexity index is 1840. The van der Waals surface area contributed by atoms with Crippen LogP contribution in [0.15, 0.2) is 54.6 Å². The highest BCUT2D eigenvalue weighted by Crippen LogP contribution is 2.47. The lowest BCUT2D eigenvalue weighted by molar-refractivity contribution is -0.126. The van der Waals surface area contributed by atoms with Crippen LogP contribution in [-0.4, -0.2) is 77.7 Å². The van der Waals surface area contributed by atoms with Crippen molar-refractivity contribution < 1.29 is 22.7 Å². The fourth-order valence-electron chi connectivity index (χ4n) is 6.74. The number of carbonyl (C=O) groups is 1. The van der Waals surface area contributed by atoms with Gasteiger partial charge in [-0.2, -0.15) is 15.2 Å². The van der Waals surface area contributed by atoms with Gasteiger partial charge in [-0.3, -0.25) is 9.69 Å². The van der Waals surface area contributed by atoms with Crippen molar-refractivity contribution >= 4 is 39.8 Å². The Balaban J connectivity index is 1.23. The molecule has 0 N–H and O–H groups in total. The minimum atomic E-state index is -1.10. The predicted molar refractivity (Wildman–Crippen MR) is 172 cm³/mol. The molecule has 7 rings (SSSR count). The van der Waals surface area contributed by atoms with E-state index in [1.165, 1.54) is 11.0 Å². The maximum atomic E-state index is 14.6. The summed E-state index contributed by atoms with van der Waals surface area (Å²) in [6.45, 7) is 6.53. The normalized spacial score (nSPS) is 19.1. The first-order valence-electron chi connectivity index (χ1n) is 15.7. The second-order valence-corrected chi connectivity index (χ2v) is 13.1. The molecular weight excluding hydrogens is 631 g/mol. The van der Waals surface area contributed by atoms with Crippen molar-refractivity contribution in [3.63, 3.8) is 0 Å². The molecule has 3 aliphatic heterocycles. The Kier molecular flexibility index (Phi) is 8.22. The van der Waals surface area contributed by atoms with Crippen LogP contribution in [0.3, 0.4) is 0 Å². The summed E-state index contributed by atoms with van der Waals surface area (Å²) in [7, 11) is 0. The number of nitriles is 1. The molecular formula is C34H33ClF3N7O2. The van der Waals surface area contributed by atoms with Crippen LogP contribution in [0.1, 0.15) is 30.5 Å². The smallest absolute Gasteiger partial charge is 0.318 e. The molecule has 1 aliphatic carbocycles. The molecule has 0 unspecified atom stereocenters. The zero-order valence-corrected chi connectivity index (χ0v) is 26.4. The highest BCUT2D eigenvalue weighted by molar-refractivity contribution is 6.36. The molecule has 1 aromatic heterocycles. The number of fused-ring (bicyclic) bond motifs is 2. The molecule has 47 heavy (non-hydrogen) atoms. The summed E-state index contributed by atoms with van der Waals surface area (Å²) in [4.78, 5) is 29.5. The molecule has 4 heterocycles. The van der Waals surface area contributed by atoms with Crippen LogP contribution >= 0.6 is 11.6 Å². The molecule has 4 aliphatic rings. The number of amides is 1. The molecule has 13 heteroatoms. The fraction of sp³-hybridized carbons (Fsp3) is 0.412. The number of carbonyl (C=O) groups excluding carboxylic acids is 1. The number of anilines is 2. The van der Waals surface area contributed by atoms with Crippen molar-refractivity contribution in [2.24, 2.45) is 5.41 Å². The summed E-state index contributed by atoms with van der Waals surface area (Å²) in [5.41, 5.74) is 2.65. The van der Waals surface area contributed by atoms with E-state index < -0.39 is 23.7 Å². The summed E-state index contributed by atoms with van der Waals surface area (Å²) in [5, 5.41) is 11.0. The van der Waals surface area contributed by atoms with Gasteiger partial charge in [-0.05, 0) is 36.8 Å². The second kappa shape index (κ2) is 12.4. The molecule has 1 saturated carbocycles. The van der Waals surface area contributed by atoms with E-state index in [0.717, 1.165) is 41.7 Å². The number of hydrogen-bond acceptors (Lipinski definition) is 8. The zero-order valence-electron chi connectivity index (χ0n) is 25.7. The summed E-state index contributed by atoms with van der Waals surface area (Å²) < 4.78 is 48.1. The van der Waals surface area contributed by atoms with E-state index in [4.69, 9.17) is 26.3 Å². The standard InChI is InChI=1S/C34H33ClF3N7O2/c1-21(36)32(46)45-14-13-44(17-24(45)7-11-39)31-25-8-12-43(28-4-2-3-22-5-6-26(38)30(35)29(22)28)18-27(25)40-33(41-31)47-20-34(9-10-34)19-42-15-23(37)16-42/h2-6,17,23H,1,7-10,12-16,18-20H2. The van der Waals surface area contributed by atoms with E-state index in [1.807, 2.05) is 23.1 Å². The van der Waals surface area contributed by atoms with Gasteiger partial charge in [0.2, 0.25) is 0 Å². The van der Waals surface area contributed by atoms with Gasteiger partial charge in [-0.1, -0.05) is 36.4 Å². The molecule has 3 aromatic rings. The molecule has 244 valence electrons. The third-order valence-corrected chi connectivity index (χ3v) is 9.81. The number of aromatic nitrogens is 2. The molecule has 2 fully saturated rings. The second-order valence-electron chi connectivity index (χ2n) is 12.8. The summed E-state index contributed by atoms with van der Waals surface area (Å²) >= 11 is 6.48. The summed E-state index contributed by atoms with van der Waals surface area (Å²) in [5.74, 6) is -1.88. The fourth-order valence-corrected chi connectivity index (χ4v) is 7.01. The molecule has 9 nitrogen and oxygen atoms in total. The number of hydrogen-bond donors (Lipinski definition) is 0. The Labute approximate surface area is 275 Å². The maximum Gasteiger partial charge on any atom is 0.318 e.